The van der Waals surface area contributed by atoms with E-state index >= 15 is 0 Å². The number of hydrogen-bond donors (Lipinski definition) is 4. The van der Waals surface area contributed by atoms with Gasteiger partial charge in [0.1, 0.15) is 11.0 Å². The smallest absolute Gasteiger partial charge is 0.157 e. The van der Waals surface area contributed by atoms with Gasteiger partial charge < -0.3 is 25.0 Å². The monoisotopic (exact) mass is 499 g/mol. The SMILES string of the molecule is CN(C)c1ccc2cc(-c3ccc(/C=C(\C#N)SN)s3)ccc2c1.OCC1CC(O)CC(O)O1. The molecule has 5 N–H and O–H groups in total. The third-order valence-corrected chi connectivity index (χ3v) is 6.87. The van der Waals surface area contributed by atoms with E-state index in [0.717, 1.165) is 16.8 Å². The van der Waals surface area contributed by atoms with Crippen molar-refractivity contribution in [2.45, 2.75) is 31.3 Å². The van der Waals surface area contributed by atoms with Crippen molar-refractivity contribution in [3.8, 4) is 16.5 Å². The van der Waals surface area contributed by atoms with Gasteiger partial charge in [0.25, 0.3) is 0 Å². The summed E-state index contributed by atoms with van der Waals surface area (Å²) in [6.45, 7) is -0.145. The predicted molar refractivity (Wildman–Crippen MR) is 140 cm³/mol. The summed E-state index contributed by atoms with van der Waals surface area (Å²) in [6, 6.07) is 19.2. The molecule has 0 aliphatic carbocycles. The van der Waals surface area contributed by atoms with E-state index in [9.17, 15) is 0 Å². The third kappa shape index (κ3) is 7.04. The van der Waals surface area contributed by atoms with Crippen LogP contribution in [0.2, 0.25) is 0 Å². The van der Waals surface area contributed by atoms with Crippen LogP contribution >= 0.6 is 23.3 Å². The van der Waals surface area contributed by atoms with Gasteiger partial charge in [-0.2, -0.15) is 5.26 Å². The van der Waals surface area contributed by atoms with Crippen molar-refractivity contribution in [3.63, 3.8) is 0 Å². The van der Waals surface area contributed by atoms with Gasteiger partial charge in [0, 0.05) is 42.4 Å². The number of aliphatic hydroxyl groups excluding tert-OH is 3. The van der Waals surface area contributed by atoms with Crippen LogP contribution in [0.3, 0.4) is 0 Å². The van der Waals surface area contributed by atoms with Crippen molar-refractivity contribution in [1.82, 2.24) is 0 Å². The van der Waals surface area contributed by atoms with Crippen LogP contribution in [0, 0.1) is 11.3 Å². The maximum Gasteiger partial charge on any atom is 0.157 e. The Morgan fingerprint density at radius 1 is 1.18 bits per heavy atom. The summed E-state index contributed by atoms with van der Waals surface area (Å²) < 4.78 is 4.85. The average molecular weight is 500 g/mol. The number of benzene rings is 2. The van der Waals surface area contributed by atoms with Crippen LogP contribution in [0.1, 0.15) is 17.7 Å². The molecule has 2 heterocycles. The molecule has 0 amide bonds. The van der Waals surface area contributed by atoms with Crippen molar-refractivity contribution in [2.24, 2.45) is 5.14 Å². The molecule has 9 heteroatoms. The summed E-state index contributed by atoms with van der Waals surface area (Å²) in [4.78, 5) is 4.83. The summed E-state index contributed by atoms with van der Waals surface area (Å²) in [7, 11) is 4.09. The standard InChI is InChI=1S/C19H17N3S2.C6H12O4/c1-22(2)16-6-5-13-9-15(4-3-14(13)10-16)19-8-7-17(23-19)11-18(12-20)24-21;7-3-5-1-4(8)2-6(9)10-5/h3-11H,21H2,1-2H3;4-9H,1-3H2/b18-11+;. The van der Waals surface area contributed by atoms with Gasteiger partial charge in [-0.05, 0) is 64.7 Å². The second-order valence-electron chi connectivity index (χ2n) is 8.10. The molecular formula is C25H29N3O4S2. The number of aliphatic hydroxyl groups is 3. The zero-order chi connectivity index (χ0) is 24.7. The number of thiophene rings is 1. The van der Waals surface area contributed by atoms with Crippen LogP contribution in [-0.2, 0) is 4.74 Å². The number of rotatable bonds is 5. The van der Waals surface area contributed by atoms with Crippen molar-refractivity contribution in [2.75, 3.05) is 25.6 Å². The molecular weight excluding hydrogens is 470 g/mol. The number of nitrogens with two attached hydrogens (primary N) is 1. The van der Waals surface area contributed by atoms with Crippen molar-refractivity contribution in [3.05, 3.63) is 58.3 Å². The highest BCUT2D eigenvalue weighted by Gasteiger charge is 2.25. The molecule has 1 aliphatic heterocycles. The summed E-state index contributed by atoms with van der Waals surface area (Å²) in [6.07, 6.45) is 0.619. The fourth-order valence-electron chi connectivity index (χ4n) is 3.56. The highest BCUT2D eigenvalue weighted by Crippen LogP contribution is 2.33. The lowest BCUT2D eigenvalue weighted by Crippen LogP contribution is -2.37. The molecule has 0 radical (unpaired) electrons. The number of nitriles is 1. The number of anilines is 1. The van der Waals surface area contributed by atoms with Crippen LogP contribution in [0.5, 0.6) is 0 Å². The third-order valence-electron chi connectivity index (χ3n) is 5.32. The van der Waals surface area contributed by atoms with E-state index in [2.05, 4.69) is 53.4 Å². The van der Waals surface area contributed by atoms with Gasteiger partial charge in [-0.15, -0.1) is 11.3 Å². The molecule has 4 rings (SSSR count). The van der Waals surface area contributed by atoms with E-state index in [0.29, 0.717) is 11.3 Å². The van der Waals surface area contributed by atoms with E-state index in [1.165, 1.54) is 26.9 Å². The summed E-state index contributed by atoms with van der Waals surface area (Å²) in [5.41, 5.74) is 2.38. The summed E-state index contributed by atoms with van der Waals surface area (Å²) in [5, 5.41) is 43.4. The Bertz CT molecular complexity index is 1160. The second kappa shape index (κ2) is 12.3. The van der Waals surface area contributed by atoms with Gasteiger partial charge >= 0.3 is 0 Å². The molecule has 1 aliphatic rings. The van der Waals surface area contributed by atoms with Crippen LogP contribution in [-0.4, -0.2) is 54.5 Å². The van der Waals surface area contributed by atoms with Crippen LogP contribution in [0.25, 0.3) is 27.3 Å². The maximum absolute atomic E-state index is 9.03. The molecule has 3 atom stereocenters. The van der Waals surface area contributed by atoms with Gasteiger partial charge in [0.15, 0.2) is 6.29 Å². The molecule has 34 heavy (non-hydrogen) atoms. The quantitative estimate of drug-likeness (QED) is 0.307. The number of ether oxygens (including phenoxy) is 1. The molecule has 2 aromatic carbocycles. The van der Waals surface area contributed by atoms with Gasteiger partial charge in [0.2, 0.25) is 0 Å². The first-order valence-corrected chi connectivity index (χ1v) is 12.4. The molecule has 0 saturated carbocycles. The Hall–Kier alpha value is -2.42. The average Bonchev–Trinajstić information content (AvgIpc) is 3.30. The number of nitrogens with zero attached hydrogens (tertiary/aromatic N) is 2. The van der Waals surface area contributed by atoms with Gasteiger partial charge in [-0.1, -0.05) is 18.2 Å². The van der Waals surface area contributed by atoms with Crippen LogP contribution < -0.4 is 10.0 Å². The fraction of sp³-hybridized carbons (Fsp3) is 0.320. The summed E-state index contributed by atoms with van der Waals surface area (Å²) in [5.74, 6) is 0. The first kappa shape index (κ1) is 26.2. The van der Waals surface area contributed by atoms with Crippen molar-refractivity contribution in [1.29, 1.82) is 5.26 Å². The van der Waals surface area contributed by atoms with Crippen molar-refractivity contribution >= 4 is 45.8 Å². The lowest BCUT2D eigenvalue weighted by Gasteiger charge is -2.28. The Morgan fingerprint density at radius 3 is 2.56 bits per heavy atom. The second-order valence-corrected chi connectivity index (χ2v) is 9.89. The largest absolute Gasteiger partial charge is 0.394 e. The molecule has 1 aromatic heterocycles. The Kier molecular flexibility index (Phi) is 9.50. The first-order valence-electron chi connectivity index (χ1n) is 10.7. The van der Waals surface area contributed by atoms with E-state index < -0.39 is 18.5 Å². The normalized spacial score (nSPS) is 20.4. The predicted octanol–water partition coefficient (Wildman–Crippen LogP) is 3.94. The van der Waals surface area contributed by atoms with Gasteiger partial charge in [-0.3, -0.25) is 5.14 Å². The highest BCUT2D eigenvalue weighted by molar-refractivity contribution is 8.01. The Balaban J connectivity index is 0.000000271. The molecule has 0 bridgehead atoms. The zero-order valence-corrected chi connectivity index (χ0v) is 20.7. The molecule has 3 unspecified atom stereocenters. The van der Waals surface area contributed by atoms with E-state index in [1.807, 2.05) is 26.2 Å². The number of allylic oxidation sites excluding steroid dienone is 1. The Morgan fingerprint density at radius 2 is 1.91 bits per heavy atom. The summed E-state index contributed by atoms with van der Waals surface area (Å²) >= 11 is 2.64. The van der Waals surface area contributed by atoms with Crippen LogP contribution in [0.15, 0.2) is 53.4 Å². The minimum atomic E-state index is -0.916. The molecule has 0 spiro atoms. The first-order chi connectivity index (χ1) is 16.3. The fourth-order valence-corrected chi connectivity index (χ4v) is 4.83. The zero-order valence-electron chi connectivity index (χ0n) is 19.1. The molecule has 1 fully saturated rings. The van der Waals surface area contributed by atoms with Crippen molar-refractivity contribution < 1.29 is 20.1 Å². The van der Waals surface area contributed by atoms with E-state index in [4.69, 9.17) is 30.5 Å². The minimum Gasteiger partial charge on any atom is -0.394 e. The molecule has 3 aromatic rings. The molecule has 1 saturated heterocycles. The number of hydrogen-bond acceptors (Lipinski definition) is 9. The van der Waals surface area contributed by atoms with Crippen LogP contribution in [0.4, 0.5) is 5.69 Å². The number of fused-ring (bicyclic) bond motifs is 1. The van der Waals surface area contributed by atoms with Gasteiger partial charge in [-0.25, -0.2) is 0 Å². The lowest BCUT2D eigenvalue weighted by atomic mass is 10.1. The lowest BCUT2D eigenvalue weighted by molar-refractivity contribution is -0.197. The van der Waals surface area contributed by atoms with E-state index in [1.54, 1.807) is 11.3 Å². The highest BCUT2D eigenvalue weighted by atomic mass is 32.2. The molecule has 180 valence electrons. The van der Waals surface area contributed by atoms with Gasteiger partial charge in [0.05, 0.1) is 18.8 Å². The maximum atomic E-state index is 9.03. The molecule has 7 nitrogen and oxygen atoms in total. The van der Waals surface area contributed by atoms with E-state index in [-0.39, 0.29) is 13.0 Å². The topological polar surface area (TPSA) is 123 Å². The Labute approximate surface area is 207 Å². The minimum absolute atomic E-state index is 0.145.